The Kier molecular flexibility index (Phi) is 6.43. The zero-order valence-corrected chi connectivity index (χ0v) is 26.8. The van der Waals surface area contributed by atoms with Crippen LogP contribution in [0.2, 0.25) is 5.15 Å². The van der Waals surface area contributed by atoms with Gasteiger partial charge in [0.05, 0.1) is 41.6 Å². The van der Waals surface area contributed by atoms with Crippen molar-refractivity contribution in [2.75, 3.05) is 44.3 Å². The van der Waals surface area contributed by atoms with E-state index in [0.717, 1.165) is 59.2 Å². The number of nitrogens with zero attached hydrogens (tertiary/aromatic N) is 6. The number of carbonyl (C=O) groups excluding carboxylic acids is 2. The minimum absolute atomic E-state index is 0.160. The van der Waals surface area contributed by atoms with E-state index in [-0.39, 0.29) is 17.9 Å². The van der Waals surface area contributed by atoms with Crippen LogP contribution < -0.4 is 4.90 Å². The third-order valence-corrected chi connectivity index (χ3v) is 12.0. The molecule has 45 heavy (non-hydrogen) atoms. The van der Waals surface area contributed by atoms with E-state index in [1.165, 1.54) is 32.4 Å². The predicted molar refractivity (Wildman–Crippen MR) is 172 cm³/mol. The van der Waals surface area contributed by atoms with E-state index in [9.17, 15) is 9.59 Å². The van der Waals surface area contributed by atoms with Gasteiger partial charge in [-0.15, -0.1) is 0 Å². The fourth-order valence-corrected chi connectivity index (χ4v) is 9.03. The lowest BCUT2D eigenvalue weighted by Crippen LogP contribution is -2.59. The van der Waals surface area contributed by atoms with Crippen LogP contribution in [-0.4, -0.2) is 87.6 Å². The molecule has 0 N–H and O–H groups in total. The summed E-state index contributed by atoms with van der Waals surface area (Å²) in [6.07, 6.45) is 11.4. The standard InChI is InChI=1S/C35H41ClN6O3/c1-34(19-45-20-34)32(43)40-13-9-35(10-14-40)26-8-5-22(27-18-28-30(31(36)38-27)41(21-37-28)23-6-7-23)15-29(26)42(33(35)44)25-16-24(17-25)39-11-3-2-4-12-39/h5,8,15,18,21,23-25H,2-4,6-7,9-14,16-17,19-20H2,1H3/t24-,25+. The van der Waals surface area contributed by atoms with E-state index < -0.39 is 10.8 Å². The predicted octanol–water partition coefficient (Wildman–Crippen LogP) is 5.35. The third-order valence-electron chi connectivity index (χ3n) is 11.8. The number of fused-ring (bicyclic) bond motifs is 3. The van der Waals surface area contributed by atoms with Crippen LogP contribution in [0, 0.1) is 5.41 Å². The minimum Gasteiger partial charge on any atom is -0.379 e. The number of imidazole rings is 1. The Labute approximate surface area is 268 Å². The Hall–Kier alpha value is -3.01. The number of likely N-dealkylation sites (tertiary alicyclic amines) is 2. The Bertz CT molecular complexity index is 1690. The first kappa shape index (κ1) is 28.2. The second-order valence-corrected chi connectivity index (χ2v) is 15.1. The Morgan fingerprint density at radius 2 is 1.73 bits per heavy atom. The van der Waals surface area contributed by atoms with Crippen molar-refractivity contribution >= 4 is 40.1 Å². The highest BCUT2D eigenvalue weighted by molar-refractivity contribution is 6.34. The summed E-state index contributed by atoms with van der Waals surface area (Å²) in [5.74, 6) is 0.374. The van der Waals surface area contributed by atoms with Gasteiger partial charge in [0.1, 0.15) is 5.52 Å². The number of halogens is 1. The monoisotopic (exact) mass is 628 g/mol. The third kappa shape index (κ3) is 4.33. The lowest BCUT2D eigenvalue weighted by Gasteiger charge is -2.48. The Morgan fingerprint density at radius 1 is 0.978 bits per heavy atom. The van der Waals surface area contributed by atoms with Gasteiger partial charge in [0.25, 0.3) is 0 Å². The maximum absolute atomic E-state index is 14.7. The average Bonchev–Trinajstić information content (AvgIpc) is 3.74. The Morgan fingerprint density at radius 3 is 2.42 bits per heavy atom. The number of amides is 2. The number of hydrogen-bond acceptors (Lipinski definition) is 6. The van der Waals surface area contributed by atoms with Gasteiger partial charge in [-0.05, 0) is 89.1 Å². The van der Waals surface area contributed by atoms with Crippen LogP contribution in [0.3, 0.4) is 0 Å². The number of rotatable bonds is 5. The van der Waals surface area contributed by atoms with Crippen molar-refractivity contribution in [3.8, 4) is 11.3 Å². The summed E-state index contributed by atoms with van der Waals surface area (Å²) >= 11 is 6.79. The number of aromatic nitrogens is 3. The van der Waals surface area contributed by atoms with E-state index in [1.807, 2.05) is 24.2 Å². The van der Waals surface area contributed by atoms with Gasteiger partial charge < -0.3 is 24.0 Å². The fourth-order valence-electron chi connectivity index (χ4n) is 8.74. The average molecular weight is 629 g/mol. The smallest absolute Gasteiger partial charge is 0.238 e. The van der Waals surface area contributed by atoms with Crippen LogP contribution >= 0.6 is 11.6 Å². The Balaban J connectivity index is 1.05. The van der Waals surface area contributed by atoms with Crippen LogP contribution in [-0.2, 0) is 19.7 Å². The number of piperidine rings is 2. The number of benzene rings is 1. The summed E-state index contributed by atoms with van der Waals surface area (Å²) in [5, 5.41) is 0.475. The zero-order valence-electron chi connectivity index (χ0n) is 26.0. The molecular weight excluding hydrogens is 588 g/mol. The van der Waals surface area contributed by atoms with Crippen molar-refractivity contribution in [1.29, 1.82) is 0 Å². The number of carbonyl (C=O) groups is 2. The normalized spacial score (nSPS) is 27.5. The SMILES string of the molecule is CC1(C(=O)N2CCC3(CC2)C(=O)N([C@H]2C[C@@H](N4CCCCC4)C2)c2cc(-c4cc5ncn(C6CC6)c5c(Cl)n4)ccc23)COC1. The van der Waals surface area contributed by atoms with Crippen molar-refractivity contribution in [2.24, 2.45) is 5.41 Å². The van der Waals surface area contributed by atoms with E-state index in [2.05, 4.69) is 37.5 Å². The molecule has 0 unspecified atom stereocenters. The maximum Gasteiger partial charge on any atom is 0.238 e. The molecule has 9 nitrogen and oxygen atoms in total. The second-order valence-electron chi connectivity index (χ2n) is 14.8. The topological polar surface area (TPSA) is 83.8 Å². The van der Waals surface area contributed by atoms with Crippen molar-refractivity contribution in [3.05, 3.63) is 41.3 Å². The highest BCUT2D eigenvalue weighted by Gasteiger charge is 2.56. The highest BCUT2D eigenvalue weighted by Crippen LogP contribution is 2.52. The van der Waals surface area contributed by atoms with E-state index in [0.29, 0.717) is 56.4 Å². The van der Waals surface area contributed by atoms with Crippen LogP contribution in [0.15, 0.2) is 30.6 Å². The maximum atomic E-state index is 14.7. The molecule has 0 bridgehead atoms. The number of anilines is 1. The second kappa shape index (κ2) is 10.2. The fraction of sp³-hybridized carbons (Fsp3) is 0.600. The van der Waals surface area contributed by atoms with Crippen LogP contribution in [0.1, 0.15) is 76.3 Å². The van der Waals surface area contributed by atoms with Crippen molar-refractivity contribution in [2.45, 2.75) is 88.3 Å². The number of pyridine rings is 1. The van der Waals surface area contributed by atoms with Crippen LogP contribution in [0.5, 0.6) is 0 Å². The van der Waals surface area contributed by atoms with Crippen molar-refractivity contribution in [3.63, 3.8) is 0 Å². The molecule has 236 valence electrons. The molecule has 5 fully saturated rings. The molecule has 3 aromatic rings. The quantitative estimate of drug-likeness (QED) is 0.355. The van der Waals surface area contributed by atoms with Crippen molar-refractivity contribution < 1.29 is 14.3 Å². The summed E-state index contributed by atoms with van der Waals surface area (Å²) in [6, 6.07) is 9.67. The van der Waals surface area contributed by atoms with Gasteiger partial charge >= 0.3 is 0 Å². The first-order valence-electron chi connectivity index (χ1n) is 17.0. The molecule has 0 radical (unpaired) electrons. The molecule has 6 heterocycles. The van der Waals surface area contributed by atoms with Gasteiger partial charge in [0.15, 0.2) is 5.15 Å². The molecule has 0 atom stereocenters. The number of ether oxygens (including phenoxy) is 1. The summed E-state index contributed by atoms with van der Waals surface area (Å²) in [4.78, 5) is 44.3. The summed E-state index contributed by atoms with van der Waals surface area (Å²) < 4.78 is 7.54. The van der Waals surface area contributed by atoms with Gasteiger partial charge in [0, 0.05) is 42.5 Å². The largest absolute Gasteiger partial charge is 0.379 e. The van der Waals surface area contributed by atoms with Crippen LogP contribution in [0.4, 0.5) is 5.69 Å². The minimum atomic E-state index is -0.601. The molecular formula is C35H41ClN6O3. The molecule has 4 aliphatic heterocycles. The molecule has 2 aromatic heterocycles. The van der Waals surface area contributed by atoms with E-state index in [1.54, 1.807) is 0 Å². The van der Waals surface area contributed by atoms with E-state index >= 15 is 0 Å². The molecule has 3 saturated heterocycles. The first-order chi connectivity index (χ1) is 21.8. The molecule has 2 amide bonds. The van der Waals surface area contributed by atoms with Gasteiger partial charge in [0.2, 0.25) is 11.8 Å². The van der Waals surface area contributed by atoms with Gasteiger partial charge in [-0.25, -0.2) is 9.97 Å². The highest BCUT2D eigenvalue weighted by atomic mass is 35.5. The molecule has 6 aliphatic rings. The van der Waals surface area contributed by atoms with E-state index in [4.69, 9.17) is 21.3 Å². The summed E-state index contributed by atoms with van der Waals surface area (Å²) in [6.45, 7) is 6.49. The number of hydrogen-bond donors (Lipinski definition) is 0. The van der Waals surface area contributed by atoms with Gasteiger partial charge in [-0.3, -0.25) is 9.59 Å². The molecule has 10 heteroatoms. The molecule has 2 saturated carbocycles. The molecule has 9 rings (SSSR count). The van der Waals surface area contributed by atoms with Crippen LogP contribution in [0.25, 0.3) is 22.3 Å². The summed E-state index contributed by atoms with van der Waals surface area (Å²) in [5.41, 5.74) is 4.58. The molecule has 1 aromatic carbocycles. The lowest BCUT2D eigenvalue weighted by atomic mass is 9.72. The van der Waals surface area contributed by atoms with Gasteiger partial charge in [-0.2, -0.15) is 0 Å². The first-order valence-corrected chi connectivity index (χ1v) is 17.4. The lowest BCUT2D eigenvalue weighted by molar-refractivity contribution is -0.170. The van der Waals surface area contributed by atoms with Gasteiger partial charge in [-0.1, -0.05) is 30.2 Å². The molecule has 1 spiro atoms. The molecule has 2 aliphatic carbocycles. The zero-order chi connectivity index (χ0) is 30.5. The van der Waals surface area contributed by atoms with Crippen molar-refractivity contribution in [1.82, 2.24) is 24.3 Å². The summed E-state index contributed by atoms with van der Waals surface area (Å²) in [7, 11) is 0.